The van der Waals surface area contributed by atoms with Gasteiger partial charge in [-0.1, -0.05) is 11.6 Å². The van der Waals surface area contributed by atoms with Gasteiger partial charge in [0.2, 0.25) is 5.75 Å². The Morgan fingerprint density at radius 2 is 2.25 bits per heavy atom. The highest BCUT2D eigenvalue weighted by atomic mass is 79.9. The van der Waals surface area contributed by atoms with Crippen molar-refractivity contribution in [3.63, 3.8) is 0 Å². The molecule has 1 aromatic rings. The lowest BCUT2D eigenvalue weighted by Gasteiger charge is -2.40. The molecule has 0 radical (unpaired) electrons. The summed E-state index contributed by atoms with van der Waals surface area (Å²) in [4.78, 5) is 10.5. The van der Waals surface area contributed by atoms with Crippen LogP contribution in [0.2, 0.25) is 5.02 Å². The van der Waals surface area contributed by atoms with Crippen molar-refractivity contribution in [2.75, 3.05) is 6.61 Å². The van der Waals surface area contributed by atoms with Gasteiger partial charge in [0.1, 0.15) is 12.2 Å². The molecular formula is C12H12BrCl2NO4. The van der Waals surface area contributed by atoms with Crippen molar-refractivity contribution in [3.8, 4) is 5.75 Å². The second-order valence-corrected chi connectivity index (χ2v) is 6.17. The molecule has 0 aliphatic heterocycles. The molecule has 0 aromatic heterocycles. The Balaban J connectivity index is 2.23. The predicted molar refractivity (Wildman–Crippen MR) is 79.9 cm³/mol. The van der Waals surface area contributed by atoms with E-state index in [4.69, 9.17) is 32.7 Å². The highest BCUT2D eigenvalue weighted by Crippen LogP contribution is 2.41. The van der Waals surface area contributed by atoms with E-state index in [0.717, 1.165) is 0 Å². The number of alkyl halides is 1. The van der Waals surface area contributed by atoms with E-state index < -0.39 is 4.92 Å². The molecule has 1 saturated carbocycles. The van der Waals surface area contributed by atoms with E-state index in [-0.39, 0.29) is 34.0 Å². The molecule has 110 valence electrons. The van der Waals surface area contributed by atoms with Crippen LogP contribution < -0.4 is 4.74 Å². The topological polar surface area (TPSA) is 61.6 Å². The summed E-state index contributed by atoms with van der Waals surface area (Å²) in [5.41, 5.74) is -0.183. The van der Waals surface area contributed by atoms with Gasteiger partial charge in [-0.15, -0.1) is 11.6 Å². The molecule has 20 heavy (non-hydrogen) atoms. The fourth-order valence-electron chi connectivity index (χ4n) is 2.00. The number of rotatable bonds is 5. The monoisotopic (exact) mass is 383 g/mol. The molecule has 0 spiro atoms. The van der Waals surface area contributed by atoms with Crippen LogP contribution in [0, 0.1) is 10.1 Å². The van der Waals surface area contributed by atoms with E-state index >= 15 is 0 Å². The van der Waals surface area contributed by atoms with Crippen LogP contribution in [0.3, 0.4) is 0 Å². The van der Waals surface area contributed by atoms with Crippen LogP contribution in [-0.2, 0) is 4.74 Å². The average molecular weight is 385 g/mol. The zero-order valence-electron chi connectivity index (χ0n) is 10.5. The highest BCUT2D eigenvalue weighted by molar-refractivity contribution is 9.10. The van der Waals surface area contributed by atoms with Gasteiger partial charge in [0, 0.05) is 24.1 Å². The Kier molecular flexibility index (Phi) is 5.12. The van der Waals surface area contributed by atoms with Crippen LogP contribution in [0.25, 0.3) is 0 Å². The first kappa shape index (κ1) is 15.8. The quantitative estimate of drug-likeness (QED) is 0.434. The van der Waals surface area contributed by atoms with E-state index in [0.29, 0.717) is 17.5 Å². The fourth-order valence-corrected chi connectivity index (χ4v) is 3.30. The van der Waals surface area contributed by atoms with E-state index in [9.17, 15) is 10.1 Å². The molecule has 0 N–H and O–H groups in total. The minimum atomic E-state index is -0.529. The minimum Gasteiger partial charge on any atom is -0.480 e. The number of hydrogen-bond acceptors (Lipinski definition) is 4. The third-order valence-electron chi connectivity index (χ3n) is 2.99. The van der Waals surface area contributed by atoms with Crippen molar-refractivity contribution in [2.24, 2.45) is 0 Å². The number of benzene rings is 1. The number of ether oxygens (including phenoxy) is 2. The predicted octanol–water partition coefficient (Wildman–Crippen LogP) is 4.17. The number of nitrogens with zero attached hydrogens (tertiary/aromatic N) is 1. The lowest BCUT2D eigenvalue weighted by Crippen LogP contribution is -2.52. The van der Waals surface area contributed by atoms with Crippen molar-refractivity contribution in [2.45, 2.75) is 30.9 Å². The summed E-state index contributed by atoms with van der Waals surface area (Å²) in [6.45, 7) is 2.37. The van der Waals surface area contributed by atoms with Crippen molar-refractivity contribution >= 4 is 44.8 Å². The maximum Gasteiger partial charge on any atom is 0.313 e. The zero-order chi connectivity index (χ0) is 14.9. The van der Waals surface area contributed by atoms with Gasteiger partial charge in [-0.3, -0.25) is 10.1 Å². The first-order chi connectivity index (χ1) is 9.43. The summed E-state index contributed by atoms with van der Waals surface area (Å²) in [5.74, 6) is 0.151. The third kappa shape index (κ3) is 3.19. The second kappa shape index (κ2) is 6.47. The van der Waals surface area contributed by atoms with Gasteiger partial charge >= 0.3 is 5.69 Å². The van der Waals surface area contributed by atoms with Crippen molar-refractivity contribution in [3.05, 3.63) is 31.7 Å². The van der Waals surface area contributed by atoms with Gasteiger partial charge < -0.3 is 9.47 Å². The van der Waals surface area contributed by atoms with Gasteiger partial charge in [-0.05, 0) is 28.9 Å². The molecule has 5 nitrogen and oxygen atoms in total. The van der Waals surface area contributed by atoms with Crippen LogP contribution >= 0.6 is 39.1 Å². The molecular weight excluding hydrogens is 373 g/mol. The maximum atomic E-state index is 11.1. The van der Waals surface area contributed by atoms with Gasteiger partial charge in [-0.25, -0.2) is 0 Å². The standard InChI is InChI=1S/C12H12BrCl2NO4/c1-2-19-12-8(15)5-10(12)20-11-7(13)3-6(14)4-9(11)16(17)18/h3-4,8,10,12H,2,5H2,1H3. The van der Waals surface area contributed by atoms with Crippen molar-refractivity contribution in [1.29, 1.82) is 0 Å². The van der Waals surface area contributed by atoms with Crippen LogP contribution in [0.4, 0.5) is 5.69 Å². The molecule has 1 aliphatic carbocycles. The molecule has 8 heteroatoms. The summed E-state index contributed by atoms with van der Waals surface area (Å²) in [6, 6.07) is 2.81. The van der Waals surface area contributed by atoms with E-state index in [1.807, 2.05) is 6.92 Å². The number of hydrogen-bond donors (Lipinski definition) is 0. The second-order valence-electron chi connectivity index (χ2n) is 4.32. The summed E-state index contributed by atoms with van der Waals surface area (Å²) in [5, 5.41) is 11.2. The number of nitro benzene ring substituents is 1. The van der Waals surface area contributed by atoms with Crippen LogP contribution in [0.5, 0.6) is 5.75 Å². The summed E-state index contributed by atoms with van der Waals surface area (Å²) in [7, 11) is 0. The molecule has 0 bridgehead atoms. The molecule has 0 amide bonds. The largest absolute Gasteiger partial charge is 0.480 e. The van der Waals surface area contributed by atoms with Gasteiger partial charge in [-0.2, -0.15) is 0 Å². The molecule has 2 rings (SSSR count). The Labute approximate surface area is 134 Å². The molecule has 3 unspecified atom stereocenters. The zero-order valence-corrected chi connectivity index (χ0v) is 13.6. The first-order valence-electron chi connectivity index (χ1n) is 5.99. The van der Waals surface area contributed by atoms with Gasteiger partial charge in [0.25, 0.3) is 0 Å². The summed E-state index contributed by atoms with van der Waals surface area (Å²) in [6.07, 6.45) is 0.0239. The molecule has 1 fully saturated rings. The summed E-state index contributed by atoms with van der Waals surface area (Å²) < 4.78 is 11.6. The minimum absolute atomic E-state index is 0.134. The summed E-state index contributed by atoms with van der Waals surface area (Å²) >= 11 is 15.1. The molecule has 3 atom stereocenters. The van der Waals surface area contributed by atoms with Crippen LogP contribution in [-0.4, -0.2) is 29.1 Å². The Morgan fingerprint density at radius 3 is 2.80 bits per heavy atom. The molecule has 0 saturated heterocycles. The third-order valence-corrected chi connectivity index (χ3v) is 4.23. The van der Waals surface area contributed by atoms with Crippen molar-refractivity contribution in [1.82, 2.24) is 0 Å². The van der Waals surface area contributed by atoms with Gasteiger partial charge in [0.05, 0.1) is 14.8 Å². The Hall–Kier alpha value is -0.560. The van der Waals surface area contributed by atoms with E-state index in [1.54, 1.807) is 6.07 Å². The lowest BCUT2D eigenvalue weighted by atomic mass is 9.91. The molecule has 0 heterocycles. The van der Waals surface area contributed by atoms with Gasteiger partial charge in [0.15, 0.2) is 0 Å². The fraction of sp³-hybridized carbons (Fsp3) is 0.500. The van der Waals surface area contributed by atoms with E-state index in [2.05, 4.69) is 15.9 Å². The Morgan fingerprint density at radius 1 is 1.55 bits per heavy atom. The Bertz CT molecular complexity index is 528. The number of nitro groups is 1. The molecule has 1 aliphatic rings. The number of halogens is 3. The average Bonchev–Trinajstić information content (AvgIpc) is 2.37. The highest BCUT2D eigenvalue weighted by Gasteiger charge is 2.43. The molecule has 1 aromatic carbocycles. The lowest BCUT2D eigenvalue weighted by molar-refractivity contribution is -0.386. The first-order valence-corrected chi connectivity index (χ1v) is 7.60. The SMILES string of the molecule is CCOC1C(Cl)CC1Oc1c(Br)cc(Cl)cc1[N+](=O)[O-]. The smallest absolute Gasteiger partial charge is 0.313 e. The maximum absolute atomic E-state index is 11.1. The van der Waals surface area contributed by atoms with Crippen LogP contribution in [0.1, 0.15) is 13.3 Å². The van der Waals surface area contributed by atoms with Crippen molar-refractivity contribution < 1.29 is 14.4 Å². The normalized spacial score (nSPS) is 25.1. The van der Waals surface area contributed by atoms with E-state index in [1.165, 1.54) is 6.07 Å². The van der Waals surface area contributed by atoms with Crippen LogP contribution in [0.15, 0.2) is 16.6 Å².